The van der Waals surface area contributed by atoms with Crippen molar-refractivity contribution in [3.05, 3.63) is 34.8 Å². The third-order valence-electron chi connectivity index (χ3n) is 1.45. The smallest absolute Gasteiger partial charge is 0.338 e. The van der Waals surface area contributed by atoms with E-state index in [-0.39, 0.29) is 11.3 Å². The molecule has 13 heavy (non-hydrogen) atoms. The maximum absolute atomic E-state index is 10.9. The third kappa shape index (κ3) is 1.73. The number of nitriles is 1. The lowest BCUT2D eigenvalue weighted by Crippen LogP contribution is -2.30. The normalized spacial score (nSPS) is 8.92. The second kappa shape index (κ2) is 3.54. The summed E-state index contributed by atoms with van der Waals surface area (Å²) < 4.78 is 4.80. The number of aromatic nitrogens is 1. The topological polar surface area (TPSA) is 77.0 Å². The molecule has 0 spiro atoms. The number of methoxy groups -OCH3 is 1. The summed E-state index contributed by atoms with van der Waals surface area (Å²) in [7, 11) is 1.23. The first-order valence-corrected chi connectivity index (χ1v) is 3.40. The number of hydrogen-bond acceptors (Lipinski definition) is 4. The van der Waals surface area contributed by atoms with Crippen LogP contribution >= 0.6 is 0 Å². The first kappa shape index (κ1) is 9.00. The highest BCUT2D eigenvalue weighted by atomic mass is 16.5. The lowest BCUT2D eigenvalue weighted by atomic mass is 10.2. The molecule has 0 saturated carbocycles. The molecule has 0 saturated heterocycles. The van der Waals surface area contributed by atoms with Gasteiger partial charge in [-0.2, -0.15) is 9.99 Å². The average Bonchev–Trinajstić information content (AvgIpc) is 2.17. The summed E-state index contributed by atoms with van der Waals surface area (Å²) in [4.78, 5) is 10.9. The summed E-state index contributed by atoms with van der Waals surface area (Å²) >= 11 is 0. The molecule has 5 nitrogen and oxygen atoms in total. The second-order valence-corrected chi connectivity index (χ2v) is 2.23. The van der Waals surface area contributed by atoms with Crippen LogP contribution in [0.4, 0.5) is 0 Å². The van der Waals surface area contributed by atoms with Gasteiger partial charge in [-0.3, -0.25) is 0 Å². The number of carbonyl (C=O) groups is 1. The summed E-state index contributed by atoms with van der Waals surface area (Å²) in [6.07, 6.45) is 1.09. The molecule has 5 heteroatoms. The summed E-state index contributed by atoms with van der Waals surface area (Å²) in [5.74, 6) is -0.572. The Morgan fingerprint density at radius 1 is 1.77 bits per heavy atom. The van der Waals surface area contributed by atoms with E-state index in [0.29, 0.717) is 4.73 Å². The van der Waals surface area contributed by atoms with Gasteiger partial charge in [0, 0.05) is 12.1 Å². The molecule has 1 aromatic heterocycles. The summed E-state index contributed by atoms with van der Waals surface area (Å²) in [5, 5.41) is 19.3. The first-order chi connectivity index (χ1) is 6.19. The van der Waals surface area contributed by atoms with E-state index >= 15 is 0 Å². The van der Waals surface area contributed by atoms with Crippen molar-refractivity contribution in [2.75, 3.05) is 7.11 Å². The van der Waals surface area contributed by atoms with Crippen LogP contribution in [0.15, 0.2) is 18.3 Å². The van der Waals surface area contributed by atoms with Gasteiger partial charge in [0.25, 0.3) is 5.69 Å². The Bertz CT molecular complexity index is 381. The van der Waals surface area contributed by atoms with Gasteiger partial charge in [-0.1, -0.05) is 0 Å². The standard InChI is InChI=1S/C8H6N2O3/c1-13-8(11)6-2-3-10(12)7(4-6)5-9/h2-4H,1H3. The minimum Gasteiger partial charge on any atom is -0.618 e. The molecule has 0 aromatic carbocycles. The van der Waals surface area contributed by atoms with Crippen LogP contribution in [0.1, 0.15) is 16.1 Å². The zero-order valence-corrected chi connectivity index (χ0v) is 6.85. The highest BCUT2D eigenvalue weighted by Crippen LogP contribution is 2.00. The van der Waals surface area contributed by atoms with Crippen LogP contribution in [0.5, 0.6) is 0 Å². The molecule has 0 radical (unpaired) electrons. The monoisotopic (exact) mass is 178 g/mol. The molecule has 1 aromatic rings. The Kier molecular flexibility index (Phi) is 2.45. The summed E-state index contributed by atoms with van der Waals surface area (Å²) in [6, 6.07) is 4.13. The number of hydrogen-bond donors (Lipinski definition) is 0. The molecule has 0 aliphatic carbocycles. The van der Waals surface area contributed by atoms with Crippen molar-refractivity contribution in [1.82, 2.24) is 0 Å². The molecule has 1 rings (SSSR count). The summed E-state index contributed by atoms with van der Waals surface area (Å²) in [6.45, 7) is 0. The first-order valence-electron chi connectivity index (χ1n) is 3.40. The molecule has 0 unspecified atom stereocenters. The van der Waals surface area contributed by atoms with Gasteiger partial charge in [0.05, 0.1) is 12.7 Å². The predicted octanol–water partition coefficient (Wildman–Crippen LogP) is -0.0217. The van der Waals surface area contributed by atoms with Crippen molar-refractivity contribution in [1.29, 1.82) is 5.26 Å². The van der Waals surface area contributed by atoms with Gasteiger partial charge in [0.2, 0.25) is 0 Å². The van der Waals surface area contributed by atoms with Crippen LogP contribution in [0.2, 0.25) is 0 Å². The molecule has 0 N–H and O–H groups in total. The second-order valence-electron chi connectivity index (χ2n) is 2.23. The fourth-order valence-electron chi connectivity index (χ4n) is 0.814. The van der Waals surface area contributed by atoms with Crippen LogP contribution in [-0.2, 0) is 4.74 Å². The van der Waals surface area contributed by atoms with Gasteiger partial charge in [-0.25, -0.2) is 4.79 Å². The summed E-state index contributed by atoms with van der Waals surface area (Å²) in [5.41, 5.74) is 0.0500. The lowest BCUT2D eigenvalue weighted by Gasteiger charge is -2.00. The van der Waals surface area contributed by atoms with E-state index in [2.05, 4.69) is 4.74 Å². The van der Waals surface area contributed by atoms with Crippen LogP contribution in [0, 0.1) is 16.5 Å². The van der Waals surface area contributed by atoms with Crippen LogP contribution in [-0.4, -0.2) is 13.1 Å². The van der Waals surface area contributed by atoms with Gasteiger partial charge in [-0.05, 0) is 0 Å². The Balaban J connectivity index is 3.15. The van der Waals surface area contributed by atoms with Gasteiger partial charge in [0.1, 0.15) is 0 Å². The Hall–Kier alpha value is -2.09. The maximum Gasteiger partial charge on any atom is 0.338 e. The van der Waals surface area contributed by atoms with Gasteiger partial charge >= 0.3 is 5.97 Å². The molecule has 66 valence electrons. The van der Waals surface area contributed by atoms with Gasteiger partial charge in [-0.15, -0.1) is 0 Å². The minimum absolute atomic E-state index is 0.136. The minimum atomic E-state index is -0.572. The molecule has 0 atom stereocenters. The number of esters is 1. The highest BCUT2D eigenvalue weighted by Gasteiger charge is 2.11. The largest absolute Gasteiger partial charge is 0.618 e. The van der Waals surface area contributed by atoms with Crippen molar-refractivity contribution in [2.24, 2.45) is 0 Å². The number of carbonyl (C=O) groups excluding carboxylic acids is 1. The Labute approximate surface area is 74.4 Å². The number of ether oxygens (including phenoxy) is 1. The molecule has 0 aliphatic rings. The van der Waals surface area contributed by atoms with Crippen molar-refractivity contribution < 1.29 is 14.3 Å². The predicted molar refractivity (Wildman–Crippen MR) is 41.5 cm³/mol. The molecule has 0 fully saturated rings. The maximum atomic E-state index is 10.9. The van der Waals surface area contributed by atoms with E-state index in [0.717, 1.165) is 6.20 Å². The van der Waals surface area contributed by atoms with Crippen molar-refractivity contribution >= 4 is 5.97 Å². The van der Waals surface area contributed by atoms with E-state index in [4.69, 9.17) is 5.26 Å². The molecular weight excluding hydrogens is 172 g/mol. The zero-order valence-electron chi connectivity index (χ0n) is 6.85. The van der Waals surface area contributed by atoms with Crippen LogP contribution in [0.3, 0.4) is 0 Å². The Morgan fingerprint density at radius 3 is 3.00 bits per heavy atom. The van der Waals surface area contributed by atoms with Gasteiger partial charge < -0.3 is 9.94 Å². The van der Waals surface area contributed by atoms with Crippen LogP contribution < -0.4 is 4.73 Å². The van der Waals surface area contributed by atoms with E-state index in [1.807, 2.05) is 0 Å². The number of pyridine rings is 1. The lowest BCUT2D eigenvalue weighted by molar-refractivity contribution is -0.608. The van der Waals surface area contributed by atoms with Crippen LogP contribution in [0.25, 0.3) is 0 Å². The quantitative estimate of drug-likeness (QED) is 0.344. The van der Waals surface area contributed by atoms with Gasteiger partial charge in [0.15, 0.2) is 12.3 Å². The molecule has 0 amide bonds. The van der Waals surface area contributed by atoms with Crippen molar-refractivity contribution in [2.45, 2.75) is 0 Å². The third-order valence-corrected chi connectivity index (χ3v) is 1.45. The average molecular weight is 178 g/mol. The fraction of sp³-hybridized carbons (Fsp3) is 0.125. The zero-order chi connectivity index (χ0) is 9.84. The fourth-order valence-corrected chi connectivity index (χ4v) is 0.814. The van der Waals surface area contributed by atoms with E-state index in [1.54, 1.807) is 6.07 Å². The molecule has 1 heterocycles. The molecule has 0 aliphatic heterocycles. The molecule has 0 bridgehead atoms. The molecular formula is C8H6N2O3. The van der Waals surface area contributed by atoms with E-state index in [1.165, 1.54) is 19.2 Å². The van der Waals surface area contributed by atoms with E-state index < -0.39 is 5.97 Å². The van der Waals surface area contributed by atoms with Crippen molar-refractivity contribution in [3.8, 4) is 6.07 Å². The number of rotatable bonds is 1. The Morgan fingerprint density at radius 2 is 2.46 bits per heavy atom. The SMILES string of the molecule is COC(=O)c1cc[n+]([O-])c(C#N)c1. The van der Waals surface area contributed by atoms with E-state index in [9.17, 15) is 10.0 Å². The van der Waals surface area contributed by atoms with Crippen molar-refractivity contribution in [3.63, 3.8) is 0 Å². The highest BCUT2D eigenvalue weighted by molar-refractivity contribution is 5.89. The number of nitrogens with zero attached hydrogens (tertiary/aromatic N) is 2.